The fourth-order valence-electron chi connectivity index (χ4n) is 1.11. The van der Waals surface area contributed by atoms with Gasteiger partial charge in [-0.15, -0.1) is 11.3 Å². The van der Waals surface area contributed by atoms with Crippen LogP contribution in [0.15, 0.2) is 10.5 Å². The molecule has 21 heavy (non-hydrogen) atoms. The zero-order chi connectivity index (χ0) is 16.0. The number of hydrogen-bond donors (Lipinski definition) is 3. The summed E-state index contributed by atoms with van der Waals surface area (Å²) < 4.78 is 5.20. The SMILES string of the molecule is CC(C)(C)OC(=O)/C(=N/OCC(=O)NN)c1csc(N)n1. The molecule has 9 nitrogen and oxygen atoms in total. The molecule has 1 rings (SSSR count). The number of esters is 1. The van der Waals surface area contributed by atoms with Gasteiger partial charge in [0, 0.05) is 5.38 Å². The number of anilines is 1. The van der Waals surface area contributed by atoms with Crippen molar-refractivity contribution < 1.29 is 19.2 Å². The maximum absolute atomic E-state index is 12.1. The van der Waals surface area contributed by atoms with Crippen molar-refractivity contribution in [2.24, 2.45) is 11.0 Å². The monoisotopic (exact) mass is 315 g/mol. The molecule has 1 aromatic heterocycles. The third kappa shape index (κ3) is 5.75. The van der Waals surface area contributed by atoms with E-state index in [2.05, 4.69) is 10.1 Å². The molecular formula is C11H17N5O4S. The maximum Gasteiger partial charge on any atom is 0.363 e. The summed E-state index contributed by atoms with van der Waals surface area (Å²) in [6, 6.07) is 0. The quantitative estimate of drug-likeness (QED) is 0.224. The number of rotatable bonds is 5. The van der Waals surface area contributed by atoms with Crippen molar-refractivity contribution in [1.82, 2.24) is 10.4 Å². The number of carbonyl (C=O) groups excluding carboxylic acids is 2. The van der Waals surface area contributed by atoms with E-state index in [4.69, 9.17) is 21.2 Å². The zero-order valence-corrected chi connectivity index (χ0v) is 12.7. The Morgan fingerprint density at radius 2 is 2.14 bits per heavy atom. The number of nitrogens with zero attached hydrogens (tertiary/aromatic N) is 2. The van der Waals surface area contributed by atoms with Crippen LogP contribution >= 0.6 is 11.3 Å². The minimum absolute atomic E-state index is 0.178. The van der Waals surface area contributed by atoms with Crippen LogP contribution < -0.4 is 17.0 Å². The lowest BCUT2D eigenvalue weighted by molar-refractivity contribution is -0.146. The van der Waals surface area contributed by atoms with Crippen LogP contribution in [0.3, 0.4) is 0 Å². The van der Waals surface area contributed by atoms with Crippen molar-refractivity contribution in [2.75, 3.05) is 12.3 Å². The number of hydrazine groups is 1. The van der Waals surface area contributed by atoms with Gasteiger partial charge in [0.05, 0.1) is 0 Å². The molecular weight excluding hydrogens is 298 g/mol. The van der Waals surface area contributed by atoms with Crippen LogP contribution in [0.1, 0.15) is 26.5 Å². The number of thiazole rings is 1. The highest BCUT2D eigenvalue weighted by Crippen LogP contribution is 2.15. The van der Waals surface area contributed by atoms with Crippen molar-refractivity contribution in [3.8, 4) is 0 Å². The number of nitrogens with one attached hydrogen (secondary N) is 1. The summed E-state index contributed by atoms with van der Waals surface area (Å²) in [5.74, 6) is 3.57. The fourth-order valence-corrected chi connectivity index (χ4v) is 1.66. The largest absolute Gasteiger partial charge is 0.455 e. The lowest BCUT2D eigenvalue weighted by Crippen LogP contribution is -2.33. The highest BCUT2D eigenvalue weighted by molar-refractivity contribution is 7.13. The van der Waals surface area contributed by atoms with Crippen molar-refractivity contribution >= 4 is 34.1 Å². The minimum atomic E-state index is -0.735. The standard InChI is InChI=1S/C11H17N5O4S/c1-11(2,3)20-9(18)8(6-5-21-10(12)14-6)16-19-4-7(17)15-13/h5H,4,13H2,1-3H3,(H2,12,14)(H,15,17)/b16-8+. The number of amides is 1. The Balaban J connectivity index is 2.92. The first kappa shape index (κ1) is 16.9. The van der Waals surface area contributed by atoms with Gasteiger partial charge in [-0.05, 0) is 20.8 Å². The second-order valence-electron chi connectivity index (χ2n) is 4.85. The molecule has 0 aliphatic rings. The molecule has 1 heterocycles. The smallest absolute Gasteiger partial charge is 0.363 e. The van der Waals surface area contributed by atoms with Gasteiger partial charge in [0.25, 0.3) is 5.91 Å². The number of hydrogen-bond acceptors (Lipinski definition) is 9. The van der Waals surface area contributed by atoms with Crippen LogP contribution in [0, 0.1) is 0 Å². The van der Waals surface area contributed by atoms with E-state index < -0.39 is 24.1 Å². The van der Waals surface area contributed by atoms with E-state index in [1.165, 1.54) is 5.38 Å². The Morgan fingerprint density at radius 1 is 1.48 bits per heavy atom. The second kappa shape index (κ2) is 6.99. The van der Waals surface area contributed by atoms with Gasteiger partial charge in [0.1, 0.15) is 11.3 Å². The molecule has 0 atom stereocenters. The summed E-state index contributed by atoms with van der Waals surface area (Å²) in [4.78, 5) is 31.7. The predicted molar refractivity (Wildman–Crippen MR) is 77.2 cm³/mol. The number of carbonyl (C=O) groups is 2. The Morgan fingerprint density at radius 3 is 2.62 bits per heavy atom. The van der Waals surface area contributed by atoms with Gasteiger partial charge in [-0.1, -0.05) is 5.16 Å². The van der Waals surface area contributed by atoms with Crippen molar-refractivity contribution in [2.45, 2.75) is 26.4 Å². The first-order valence-corrected chi connectivity index (χ1v) is 6.75. The van der Waals surface area contributed by atoms with Gasteiger partial charge in [0.15, 0.2) is 11.7 Å². The first-order chi connectivity index (χ1) is 9.73. The molecule has 0 aliphatic heterocycles. The van der Waals surface area contributed by atoms with Crippen LogP contribution in [-0.4, -0.2) is 34.8 Å². The topological polar surface area (TPSA) is 142 Å². The van der Waals surface area contributed by atoms with Crippen LogP contribution in [0.5, 0.6) is 0 Å². The third-order valence-corrected chi connectivity index (χ3v) is 2.54. The lowest BCUT2D eigenvalue weighted by Gasteiger charge is -2.19. The molecule has 0 radical (unpaired) electrons. The van der Waals surface area contributed by atoms with Gasteiger partial charge in [-0.2, -0.15) is 0 Å². The lowest BCUT2D eigenvalue weighted by atomic mass is 10.2. The number of aromatic nitrogens is 1. The molecule has 116 valence electrons. The molecule has 10 heteroatoms. The molecule has 0 saturated heterocycles. The summed E-state index contributed by atoms with van der Waals surface area (Å²) in [5.41, 5.74) is 6.70. The molecule has 0 bridgehead atoms. The van der Waals surface area contributed by atoms with Crippen molar-refractivity contribution in [3.63, 3.8) is 0 Å². The fraction of sp³-hybridized carbons (Fsp3) is 0.455. The van der Waals surface area contributed by atoms with Crippen LogP contribution in [0.2, 0.25) is 0 Å². The maximum atomic E-state index is 12.1. The van der Waals surface area contributed by atoms with E-state index in [1.54, 1.807) is 20.8 Å². The number of ether oxygens (including phenoxy) is 1. The van der Waals surface area contributed by atoms with E-state index in [0.29, 0.717) is 0 Å². The van der Waals surface area contributed by atoms with Crippen molar-refractivity contribution in [3.05, 3.63) is 11.1 Å². The number of oxime groups is 1. The second-order valence-corrected chi connectivity index (χ2v) is 5.74. The summed E-state index contributed by atoms with van der Waals surface area (Å²) in [6.45, 7) is 4.68. The normalized spacial score (nSPS) is 11.9. The third-order valence-electron chi connectivity index (χ3n) is 1.87. The molecule has 0 saturated carbocycles. The molecule has 0 unspecified atom stereocenters. The Hall–Kier alpha value is -2.20. The van der Waals surface area contributed by atoms with Crippen molar-refractivity contribution in [1.29, 1.82) is 0 Å². The first-order valence-electron chi connectivity index (χ1n) is 5.87. The Bertz CT molecular complexity index is 549. The molecule has 0 aromatic carbocycles. The highest BCUT2D eigenvalue weighted by Gasteiger charge is 2.25. The van der Waals surface area contributed by atoms with Gasteiger partial charge in [0.2, 0.25) is 5.71 Å². The van der Waals surface area contributed by atoms with Gasteiger partial charge >= 0.3 is 5.97 Å². The van der Waals surface area contributed by atoms with Gasteiger partial charge in [-0.25, -0.2) is 15.6 Å². The molecule has 0 spiro atoms. The Labute approximate surface area is 125 Å². The predicted octanol–water partition coefficient (Wildman–Crippen LogP) is -0.222. The van der Waals surface area contributed by atoms with Crippen LogP contribution in [0.4, 0.5) is 5.13 Å². The van der Waals surface area contributed by atoms with Crippen LogP contribution in [0.25, 0.3) is 0 Å². The minimum Gasteiger partial charge on any atom is -0.455 e. The highest BCUT2D eigenvalue weighted by atomic mass is 32.1. The molecule has 5 N–H and O–H groups in total. The molecule has 1 amide bonds. The van der Waals surface area contributed by atoms with E-state index in [9.17, 15) is 9.59 Å². The summed E-state index contributed by atoms with van der Waals surface area (Å²) in [7, 11) is 0. The zero-order valence-electron chi connectivity index (χ0n) is 11.9. The van der Waals surface area contributed by atoms with E-state index in [1.807, 2.05) is 5.43 Å². The van der Waals surface area contributed by atoms with Gasteiger partial charge in [-0.3, -0.25) is 10.2 Å². The van der Waals surface area contributed by atoms with Crippen LogP contribution in [-0.2, 0) is 19.2 Å². The summed E-state index contributed by atoms with van der Waals surface area (Å²) in [5, 5.41) is 5.39. The number of nitrogen functional groups attached to an aromatic ring is 1. The number of nitrogens with two attached hydrogens (primary N) is 2. The van der Waals surface area contributed by atoms with Gasteiger partial charge < -0.3 is 15.3 Å². The average molecular weight is 315 g/mol. The Kier molecular flexibility index (Phi) is 5.61. The summed E-state index contributed by atoms with van der Waals surface area (Å²) >= 11 is 1.14. The summed E-state index contributed by atoms with van der Waals surface area (Å²) in [6.07, 6.45) is 0. The molecule has 0 aliphatic carbocycles. The van der Waals surface area contributed by atoms with E-state index in [-0.39, 0.29) is 16.5 Å². The van der Waals surface area contributed by atoms with E-state index in [0.717, 1.165) is 11.3 Å². The molecule has 0 fully saturated rings. The molecule has 1 aromatic rings. The van der Waals surface area contributed by atoms with E-state index >= 15 is 0 Å². The average Bonchev–Trinajstić information content (AvgIpc) is 2.78.